The lowest BCUT2D eigenvalue weighted by atomic mass is 9.72. The van der Waals surface area contributed by atoms with E-state index in [-0.39, 0.29) is 98.0 Å². The van der Waals surface area contributed by atoms with Crippen LogP contribution in [0.1, 0.15) is 125 Å². The molecule has 11 rings (SSSR count). The highest BCUT2D eigenvalue weighted by molar-refractivity contribution is 6.31. The molecule has 0 radical (unpaired) electrons. The zero-order chi connectivity index (χ0) is 71.4. The van der Waals surface area contributed by atoms with Crippen LogP contribution in [0.3, 0.4) is 0 Å². The van der Waals surface area contributed by atoms with Gasteiger partial charge in [-0.05, 0) is 71.7 Å². The smallest absolute Gasteiger partial charge is 0.409 e. The third kappa shape index (κ3) is 14.8. The number of nitrogens with two attached hydrogens (primary N) is 1. The summed E-state index contributed by atoms with van der Waals surface area (Å²) in [4.78, 5) is 127. The molecule has 6 amide bonds. The molecule has 5 aromatic rings. The third-order valence-corrected chi connectivity index (χ3v) is 19.5. The van der Waals surface area contributed by atoms with Crippen LogP contribution in [0.2, 0.25) is 0 Å². The number of fused-ring (bicyclic) bond motifs is 9. The quantitative estimate of drug-likeness (QED) is 0.0181. The standard InChI is InChI=1S/C72H83N7O21/c1-37(2)59(76-69(88)95-35-48-44-17-10-8-15-42(44)43-16-9-11-18-45(43)48)50(80)30-40(14-13-25-74-68(73)87)65(86)75-41-23-21-39(22-24-41)34-96-70(89)77(4)26-27-78(5)71(90)97-36-53(81)72(91)32-47-56(63(85)58-57(61(47)83)60(82)46-19-12-20-51(92-6)55(46)62(58)84)52(33-72)99-54-31-49-64(38(3)98-54)100-66-67(93-7)94-29-28-79(49)66/h8-12,15-24,37-38,40,48-49,52,54,59,64,66-67,83,85,91H,13-14,25-36H2,1-7H3,(H,75,86)(H,76,88)(H3,73,74,87)/t38-,40+,49-,52-,54?,59-,64+,66+,67?,72-/m0/s1. The number of methoxy groups -OCH3 is 2. The van der Waals surface area contributed by atoms with E-state index in [4.69, 9.17) is 48.4 Å². The number of phenols is 2. The predicted molar refractivity (Wildman–Crippen MR) is 355 cm³/mol. The van der Waals surface area contributed by atoms with Gasteiger partial charge in [0.25, 0.3) is 0 Å². The van der Waals surface area contributed by atoms with Crippen LogP contribution < -0.4 is 26.4 Å². The molecular formula is C72H83N7O21. The number of likely N-dealkylation sites (N-methyl/N-ethyl adjacent to an activating group) is 2. The minimum Gasteiger partial charge on any atom is -0.507 e. The number of hydrogen-bond donors (Lipinski definition) is 7. The van der Waals surface area contributed by atoms with Crippen LogP contribution in [0.4, 0.5) is 24.9 Å². The number of nitrogens with one attached hydrogen (secondary N) is 3. The number of Topliss-reactive ketones (excluding diaryl/α,β-unsaturated/α-hetero) is 2. The molecular weight excluding hydrogens is 1300 g/mol. The Hall–Kier alpha value is -9.55. The summed E-state index contributed by atoms with van der Waals surface area (Å²) in [7, 11) is 5.61. The Morgan fingerprint density at radius 1 is 0.800 bits per heavy atom. The Morgan fingerprint density at radius 2 is 1.46 bits per heavy atom. The van der Waals surface area contributed by atoms with E-state index >= 15 is 0 Å². The highest BCUT2D eigenvalue weighted by Gasteiger charge is 2.56. The summed E-state index contributed by atoms with van der Waals surface area (Å²) in [6.07, 6.45) is -8.29. The maximum absolute atomic E-state index is 14.4. The predicted octanol–water partition coefficient (Wildman–Crippen LogP) is 6.58. The van der Waals surface area contributed by atoms with Crippen LogP contribution in [0, 0.1) is 11.8 Å². The number of primary amides is 1. The van der Waals surface area contributed by atoms with Gasteiger partial charge in [-0.2, -0.15) is 0 Å². The number of urea groups is 1. The first kappa shape index (κ1) is 71.7. The molecule has 0 aromatic heterocycles. The summed E-state index contributed by atoms with van der Waals surface area (Å²) in [6.45, 7) is 4.98. The fourth-order valence-corrected chi connectivity index (χ4v) is 14.2. The highest BCUT2D eigenvalue weighted by atomic mass is 16.7. The van der Waals surface area contributed by atoms with Gasteiger partial charge in [-0.15, -0.1) is 0 Å². The summed E-state index contributed by atoms with van der Waals surface area (Å²) in [5.74, 6) is -6.49. The molecule has 3 saturated heterocycles. The van der Waals surface area contributed by atoms with Gasteiger partial charge in [0, 0.05) is 113 Å². The first-order chi connectivity index (χ1) is 47.9. The first-order valence-corrected chi connectivity index (χ1v) is 33.2. The summed E-state index contributed by atoms with van der Waals surface area (Å²) in [5, 5.41) is 44.8. The molecule has 0 bridgehead atoms. The number of nitrogens with zero attached hydrogens (tertiary/aromatic N) is 3. The molecule has 8 N–H and O–H groups in total. The van der Waals surface area contributed by atoms with E-state index in [0.717, 1.165) is 27.2 Å². The van der Waals surface area contributed by atoms with Crippen molar-refractivity contribution in [2.45, 2.75) is 127 Å². The van der Waals surface area contributed by atoms with Gasteiger partial charge in [0.1, 0.15) is 42.2 Å². The van der Waals surface area contributed by atoms with Crippen LogP contribution in [0.5, 0.6) is 17.2 Å². The summed E-state index contributed by atoms with van der Waals surface area (Å²) in [5.41, 5.74) is 6.13. The largest absolute Gasteiger partial charge is 0.507 e. The van der Waals surface area contributed by atoms with Crippen molar-refractivity contribution in [3.05, 3.63) is 141 Å². The average Bonchev–Trinajstić information content (AvgIpc) is 0.984. The summed E-state index contributed by atoms with van der Waals surface area (Å²) in [6, 6.07) is 24.6. The number of benzene rings is 5. The molecule has 3 fully saturated rings. The molecule has 5 aromatic carbocycles. The molecule has 28 nitrogen and oxygen atoms in total. The number of alkyl carbamates (subject to hydrolysis) is 1. The van der Waals surface area contributed by atoms with Crippen molar-refractivity contribution in [3.8, 4) is 28.4 Å². The van der Waals surface area contributed by atoms with Gasteiger partial charge in [-0.1, -0.05) is 86.6 Å². The maximum atomic E-state index is 14.4. The molecule has 2 unspecified atom stereocenters. The zero-order valence-electron chi connectivity index (χ0n) is 56.5. The fraction of sp³-hybridized carbons (Fsp3) is 0.458. The van der Waals surface area contributed by atoms with Crippen molar-refractivity contribution in [2.24, 2.45) is 17.6 Å². The van der Waals surface area contributed by atoms with Crippen molar-refractivity contribution < 1.29 is 101 Å². The van der Waals surface area contributed by atoms with E-state index in [1.54, 1.807) is 45.0 Å². The number of ether oxygens (including phenoxy) is 9. The van der Waals surface area contributed by atoms with Crippen LogP contribution >= 0.6 is 0 Å². The van der Waals surface area contributed by atoms with E-state index < -0.39 is 150 Å². The van der Waals surface area contributed by atoms with Gasteiger partial charge in [0.15, 0.2) is 37.0 Å². The van der Waals surface area contributed by atoms with E-state index in [1.807, 2.05) is 48.5 Å². The minimum absolute atomic E-state index is 0.0405. The van der Waals surface area contributed by atoms with Crippen molar-refractivity contribution in [3.63, 3.8) is 0 Å². The van der Waals surface area contributed by atoms with Crippen LogP contribution in [0.25, 0.3) is 11.1 Å². The number of ketones is 4. The molecule has 3 heterocycles. The van der Waals surface area contributed by atoms with Gasteiger partial charge in [-0.3, -0.25) is 28.9 Å². The molecule has 100 heavy (non-hydrogen) atoms. The molecule has 3 aliphatic heterocycles. The summed E-state index contributed by atoms with van der Waals surface area (Å²) >= 11 is 0. The van der Waals surface area contributed by atoms with E-state index in [9.17, 15) is 58.5 Å². The molecule has 532 valence electrons. The highest BCUT2D eigenvalue weighted by Crippen LogP contribution is 2.53. The Labute approximate surface area is 576 Å². The lowest BCUT2D eigenvalue weighted by Crippen LogP contribution is -2.55. The minimum atomic E-state index is -2.48. The number of aromatic hydroxyl groups is 2. The molecule has 3 aliphatic carbocycles. The Morgan fingerprint density at radius 3 is 2.12 bits per heavy atom. The Bertz CT molecular complexity index is 3930. The monoisotopic (exact) mass is 1380 g/mol. The number of aliphatic hydroxyl groups is 1. The van der Waals surface area contributed by atoms with Crippen LogP contribution in [-0.4, -0.2) is 206 Å². The van der Waals surface area contributed by atoms with Gasteiger partial charge in [-0.25, -0.2) is 19.2 Å². The third-order valence-electron chi connectivity index (χ3n) is 19.5. The number of phenolic OH excluding ortho intramolecular Hbond substituents is 2. The van der Waals surface area contributed by atoms with E-state index in [1.165, 1.54) is 51.4 Å². The van der Waals surface area contributed by atoms with Crippen LogP contribution in [0.15, 0.2) is 91.0 Å². The molecule has 28 heteroatoms. The SMILES string of the molecule is COc1cccc2c1C(=O)c1c(O)c3c(c(O)c1C2=O)C[C@@](O)(C(=O)COC(=O)N(C)CCN(C)C(=O)OCc1ccc(NC(=O)[C@H](CCCNC(N)=O)CC(=O)[C@@H](NC(=O)OCC2c4ccccc4-c4ccccc42)C(C)C)cc1)C[C@@H]3OC1C[C@H]2[C@H](O[C@@H]3C(OC)OCCN32)[C@H](C)O1. The van der Waals surface area contributed by atoms with E-state index in [2.05, 4.69) is 20.9 Å². The van der Waals surface area contributed by atoms with Crippen molar-refractivity contribution >= 4 is 59.0 Å². The van der Waals surface area contributed by atoms with Gasteiger partial charge in [0.2, 0.25) is 17.5 Å². The number of hydrogen-bond acceptors (Lipinski definition) is 22. The lowest BCUT2D eigenvalue weighted by Gasteiger charge is -2.43. The number of rotatable bonds is 25. The number of amides is 6. The number of carbonyl (C=O) groups is 9. The number of carbonyl (C=O) groups excluding carboxylic acids is 9. The van der Waals surface area contributed by atoms with E-state index in [0.29, 0.717) is 30.8 Å². The second kappa shape index (κ2) is 30.5. The molecule has 10 atom stereocenters. The van der Waals surface area contributed by atoms with Crippen molar-refractivity contribution in [1.29, 1.82) is 0 Å². The second-order valence-corrected chi connectivity index (χ2v) is 26.2. The number of morpholine rings is 1. The molecule has 0 spiro atoms. The van der Waals surface area contributed by atoms with Crippen LogP contribution in [-0.2, 0) is 65.3 Å². The first-order valence-electron chi connectivity index (χ1n) is 33.2. The van der Waals surface area contributed by atoms with Crippen molar-refractivity contribution in [1.82, 2.24) is 25.3 Å². The van der Waals surface area contributed by atoms with Gasteiger partial charge < -0.3 is 89.4 Å². The molecule has 0 saturated carbocycles. The molecule has 6 aliphatic rings. The van der Waals surface area contributed by atoms with Gasteiger partial charge in [0.05, 0.1) is 48.7 Å². The Kier molecular flexibility index (Phi) is 21.9. The topological polar surface area (TPSA) is 369 Å². The Balaban J connectivity index is 0.677. The lowest BCUT2D eigenvalue weighted by molar-refractivity contribution is -0.256. The zero-order valence-corrected chi connectivity index (χ0v) is 56.5. The average molecular weight is 1380 g/mol. The normalized spacial score (nSPS) is 22.4. The second-order valence-electron chi connectivity index (χ2n) is 26.2. The van der Waals surface area contributed by atoms with Crippen molar-refractivity contribution in [2.75, 3.05) is 79.6 Å². The number of anilines is 1. The fourth-order valence-electron chi connectivity index (χ4n) is 14.2. The van der Waals surface area contributed by atoms with Gasteiger partial charge >= 0.3 is 24.3 Å². The summed E-state index contributed by atoms with van der Waals surface area (Å²) < 4.78 is 52.8. The maximum Gasteiger partial charge on any atom is 0.409 e.